The molecule has 3 nitrogen and oxygen atoms in total. The number of carboxylic acids is 1. The predicted octanol–water partition coefficient (Wildman–Crippen LogP) is 4.15. The van der Waals surface area contributed by atoms with Crippen LogP contribution in [0.15, 0.2) is 36.4 Å². The highest BCUT2D eigenvalue weighted by atomic mass is 32.2. The molecule has 128 valence electrons. The highest BCUT2D eigenvalue weighted by Gasteiger charge is 2.20. The van der Waals surface area contributed by atoms with Crippen LogP contribution in [0.25, 0.3) is 0 Å². The molecule has 2 rings (SSSR count). The lowest BCUT2D eigenvalue weighted by atomic mass is 9.97. The summed E-state index contributed by atoms with van der Waals surface area (Å²) in [6.45, 7) is 8.39. The van der Waals surface area contributed by atoms with Gasteiger partial charge < -0.3 is 10.8 Å². The maximum absolute atomic E-state index is 11.0. The number of aliphatic carboxylic acids is 1. The molecule has 0 fully saturated rings. The first-order valence-corrected chi connectivity index (χ1v) is 9.08. The van der Waals surface area contributed by atoms with Crippen molar-refractivity contribution in [3.05, 3.63) is 69.8 Å². The number of benzene rings is 2. The van der Waals surface area contributed by atoms with E-state index in [2.05, 4.69) is 64.1 Å². The average Bonchev–Trinajstić information content (AvgIpc) is 2.53. The number of hydrogen-bond acceptors (Lipinski definition) is 3. The second-order valence-corrected chi connectivity index (χ2v) is 7.48. The van der Waals surface area contributed by atoms with Crippen molar-refractivity contribution >= 4 is 17.7 Å². The van der Waals surface area contributed by atoms with Gasteiger partial charge in [0.1, 0.15) is 6.04 Å². The summed E-state index contributed by atoms with van der Waals surface area (Å²) in [4.78, 5) is 11.0. The minimum absolute atomic E-state index is 0.0778. The fourth-order valence-corrected chi connectivity index (χ4v) is 3.73. The van der Waals surface area contributed by atoms with Crippen molar-refractivity contribution in [3.8, 4) is 0 Å². The van der Waals surface area contributed by atoms with Gasteiger partial charge in [-0.05, 0) is 61.1 Å². The number of hydrogen-bond donors (Lipinski definition) is 2. The molecular weight excluding hydrogens is 318 g/mol. The van der Waals surface area contributed by atoms with Gasteiger partial charge >= 0.3 is 5.97 Å². The summed E-state index contributed by atoms with van der Waals surface area (Å²) in [5, 5.41) is 9.14. The lowest BCUT2D eigenvalue weighted by Crippen LogP contribution is -2.32. The van der Waals surface area contributed by atoms with Gasteiger partial charge in [-0.15, -0.1) is 11.8 Å². The van der Waals surface area contributed by atoms with Crippen LogP contribution in [0.5, 0.6) is 0 Å². The van der Waals surface area contributed by atoms with E-state index in [4.69, 9.17) is 10.8 Å². The van der Waals surface area contributed by atoms with Crippen LogP contribution in [0.4, 0.5) is 0 Å². The van der Waals surface area contributed by atoms with E-state index in [1.165, 1.54) is 33.4 Å². The van der Waals surface area contributed by atoms with Crippen molar-refractivity contribution in [2.24, 2.45) is 5.73 Å². The molecule has 24 heavy (non-hydrogen) atoms. The van der Waals surface area contributed by atoms with E-state index in [0.717, 1.165) is 0 Å². The van der Waals surface area contributed by atoms with Gasteiger partial charge in [-0.3, -0.25) is 4.79 Å². The second kappa shape index (κ2) is 7.86. The van der Waals surface area contributed by atoms with Gasteiger partial charge in [-0.25, -0.2) is 0 Å². The first-order valence-electron chi connectivity index (χ1n) is 8.04. The van der Waals surface area contributed by atoms with E-state index in [9.17, 15) is 4.79 Å². The molecule has 0 bridgehead atoms. The van der Waals surface area contributed by atoms with Crippen LogP contribution in [-0.2, 0) is 4.79 Å². The van der Waals surface area contributed by atoms with Crippen molar-refractivity contribution in [1.82, 2.24) is 0 Å². The Bertz CT molecular complexity index is 691. The van der Waals surface area contributed by atoms with Crippen LogP contribution in [0, 0.1) is 27.7 Å². The van der Waals surface area contributed by atoms with Crippen molar-refractivity contribution in [1.29, 1.82) is 0 Å². The van der Waals surface area contributed by atoms with E-state index < -0.39 is 12.0 Å². The summed E-state index contributed by atoms with van der Waals surface area (Å²) in [6.07, 6.45) is 0. The molecule has 0 unspecified atom stereocenters. The zero-order valence-corrected chi connectivity index (χ0v) is 15.5. The molecule has 3 N–H and O–H groups in total. The molecule has 0 spiro atoms. The average molecular weight is 343 g/mol. The summed E-state index contributed by atoms with van der Waals surface area (Å²) < 4.78 is 0. The molecule has 0 aliphatic carbocycles. The quantitative estimate of drug-likeness (QED) is 0.827. The Kier molecular flexibility index (Phi) is 6.08. The van der Waals surface area contributed by atoms with Gasteiger partial charge in [0.25, 0.3) is 0 Å². The number of thioether (sulfide) groups is 1. The van der Waals surface area contributed by atoms with Crippen LogP contribution in [0.1, 0.15) is 38.6 Å². The van der Waals surface area contributed by atoms with E-state index in [1.54, 1.807) is 11.8 Å². The van der Waals surface area contributed by atoms with Gasteiger partial charge in [0, 0.05) is 5.75 Å². The summed E-state index contributed by atoms with van der Waals surface area (Å²) in [6, 6.07) is 12.0. The molecule has 0 amide bonds. The largest absolute Gasteiger partial charge is 0.480 e. The van der Waals surface area contributed by atoms with Gasteiger partial charge in [0.2, 0.25) is 0 Å². The Morgan fingerprint density at radius 2 is 1.42 bits per heavy atom. The van der Waals surface area contributed by atoms with Gasteiger partial charge in [0.05, 0.1) is 5.25 Å². The topological polar surface area (TPSA) is 63.3 Å². The number of aryl methyl sites for hydroxylation is 4. The maximum Gasteiger partial charge on any atom is 0.321 e. The third-order valence-corrected chi connectivity index (χ3v) is 5.86. The van der Waals surface area contributed by atoms with Gasteiger partial charge in [0.15, 0.2) is 0 Å². The molecule has 2 aromatic carbocycles. The lowest BCUT2D eigenvalue weighted by Gasteiger charge is -2.21. The van der Waals surface area contributed by atoms with Gasteiger partial charge in [-0.2, -0.15) is 0 Å². The highest BCUT2D eigenvalue weighted by Crippen LogP contribution is 2.37. The van der Waals surface area contributed by atoms with Crippen LogP contribution in [-0.4, -0.2) is 22.9 Å². The van der Waals surface area contributed by atoms with E-state index in [1.807, 2.05) is 0 Å². The number of carboxylic acid groups (broad SMARTS) is 1. The molecule has 0 saturated carbocycles. The van der Waals surface area contributed by atoms with Crippen LogP contribution in [0.3, 0.4) is 0 Å². The normalized spacial score (nSPS) is 12.4. The van der Waals surface area contributed by atoms with Crippen molar-refractivity contribution in [3.63, 3.8) is 0 Å². The predicted molar refractivity (Wildman–Crippen MR) is 102 cm³/mol. The first-order chi connectivity index (χ1) is 11.3. The van der Waals surface area contributed by atoms with E-state index in [-0.39, 0.29) is 5.25 Å². The minimum atomic E-state index is -0.957. The monoisotopic (exact) mass is 343 g/mol. The van der Waals surface area contributed by atoms with Gasteiger partial charge in [-0.1, -0.05) is 36.4 Å². The summed E-state index contributed by atoms with van der Waals surface area (Å²) in [5.41, 5.74) is 13.1. The number of rotatable bonds is 6. The van der Waals surface area contributed by atoms with Crippen molar-refractivity contribution in [2.45, 2.75) is 39.0 Å². The molecule has 4 heteroatoms. The Morgan fingerprint density at radius 3 is 1.79 bits per heavy atom. The number of nitrogens with two attached hydrogens (primary N) is 1. The summed E-state index contributed by atoms with van der Waals surface area (Å²) in [5.74, 6) is -0.582. The standard InChI is InChI=1S/C20H25NO2S/c1-12-5-7-16(9-14(12)3)19(24-11-18(21)20(22)23)17-8-6-13(2)15(4)10-17/h5-10,18-19H,11,21H2,1-4H3,(H,22,23)/t18-/m0/s1. The summed E-state index contributed by atoms with van der Waals surface area (Å²) in [7, 11) is 0. The Labute approximate surface area is 148 Å². The molecule has 0 heterocycles. The fourth-order valence-electron chi connectivity index (χ4n) is 2.51. The highest BCUT2D eigenvalue weighted by molar-refractivity contribution is 7.99. The SMILES string of the molecule is Cc1ccc(C(SC[C@H](N)C(=O)O)c2ccc(C)c(C)c2)cc1C. The Morgan fingerprint density at radius 1 is 0.958 bits per heavy atom. The van der Waals surface area contributed by atoms with Crippen LogP contribution in [0.2, 0.25) is 0 Å². The molecule has 0 saturated heterocycles. The lowest BCUT2D eigenvalue weighted by molar-refractivity contribution is -0.137. The molecule has 0 aliphatic heterocycles. The molecule has 1 atom stereocenters. The smallest absolute Gasteiger partial charge is 0.321 e. The zero-order chi connectivity index (χ0) is 17.9. The zero-order valence-electron chi connectivity index (χ0n) is 14.7. The molecular formula is C20H25NO2S. The molecule has 0 aromatic heterocycles. The summed E-state index contributed by atoms with van der Waals surface area (Å²) >= 11 is 1.59. The van der Waals surface area contributed by atoms with Crippen LogP contribution >= 0.6 is 11.8 Å². The molecule has 0 radical (unpaired) electrons. The second-order valence-electron chi connectivity index (χ2n) is 6.35. The molecule has 2 aromatic rings. The van der Waals surface area contributed by atoms with Crippen molar-refractivity contribution in [2.75, 3.05) is 5.75 Å². The third kappa shape index (κ3) is 4.40. The fraction of sp³-hybridized carbons (Fsp3) is 0.350. The Balaban J connectivity index is 2.38. The first kappa shape index (κ1) is 18.6. The van der Waals surface area contributed by atoms with Crippen LogP contribution < -0.4 is 5.73 Å². The number of carbonyl (C=O) groups is 1. The minimum Gasteiger partial charge on any atom is -0.480 e. The maximum atomic E-state index is 11.0. The van der Waals surface area contributed by atoms with E-state index >= 15 is 0 Å². The molecule has 0 aliphatic rings. The van der Waals surface area contributed by atoms with E-state index in [0.29, 0.717) is 5.75 Å². The third-order valence-electron chi connectivity index (χ3n) is 4.43. The van der Waals surface area contributed by atoms with Crippen molar-refractivity contribution < 1.29 is 9.90 Å². The Hall–Kier alpha value is -1.78.